The highest BCUT2D eigenvalue weighted by Gasteiger charge is 2.11. The molecule has 0 radical (unpaired) electrons. The van der Waals surface area contributed by atoms with Gasteiger partial charge in [0, 0.05) is 15.2 Å². The molecule has 0 unspecified atom stereocenters. The monoisotopic (exact) mass is 436 g/mol. The second-order valence-electron chi connectivity index (χ2n) is 5.26. The minimum Gasteiger partial charge on any atom is -0.325 e. The number of carbonyl (C=O) groups is 1. The molecule has 3 aromatic rings. The Kier molecular flexibility index (Phi) is 5.78. The molecule has 25 heavy (non-hydrogen) atoms. The lowest BCUT2D eigenvalue weighted by molar-refractivity contribution is -0.113. The van der Waals surface area contributed by atoms with Gasteiger partial charge in [-0.3, -0.25) is 9.36 Å². The second-order valence-corrected chi connectivity index (χ2v) is 7.50. The van der Waals surface area contributed by atoms with Crippen LogP contribution in [0.5, 0.6) is 0 Å². The molecular formula is C17H14BrClN4OS. The number of amides is 1. The molecule has 3 rings (SSSR count). The van der Waals surface area contributed by atoms with Crippen molar-refractivity contribution < 1.29 is 4.79 Å². The topological polar surface area (TPSA) is 59.8 Å². The molecule has 1 N–H and O–H groups in total. The van der Waals surface area contributed by atoms with Gasteiger partial charge in [0.25, 0.3) is 0 Å². The van der Waals surface area contributed by atoms with Gasteiger partial charge in [-0.05, 0) is 42.8 Å². The smallest absolute Gasteiger partial charge is 0.234 e. The van der Waals surface area contributed by atoms with Gasteiger partial charge < -0.3 is 5.32 Å². The summed E-state index contributed by atoms with van der Waals surface area (Å²) >= 11 is 10.8. The van der Waals surface area contributed by atoms with Crippen molar-refractivity contribution in [2.45, 2.75) is 12.1 Å². The Morgan fingerprint density at radius 1 is 1.32 bits per heavy atom. The van der Waals surface area contributed by atoms with Crippen molar-refractivity contribution in [3.05, 3.63) is 63.9 Å². The molecule has 0 aliphatic heterocycles. The molecule has 0 saturated heterocycles. The van der Waals surface area contributed by atoms with Crippen LogP contribution in [0.25, 0.3) is 5.69 Å². The quantitative estimate of drug-likeness (QED) is 0.587. The van der Waals surface area contributed by atoms with Gasteiger partial charge in [0.15, 0.2) is 5.16 Å². The highest BCUT2D eigenvalue weighted by Crippen LogP contribution is 2.23. The van der Waals surface area contributed by atoms with Crippen molar-refractivity contribution in [1.82, 2.24) is 14.8 Å². The Hall–Kier alpha value is -1.83. The lowest BCUT2D eigenvalue weighted by Gasteiger charge is -2.08. The molecule has 0 bridgehead atoms. The van der Waals surface area contributed by atoms with Crippen LogP contribution in [-0.2, 0) is 4.79 Å². The van der Waals surface area contributed by atoms with E-state index in [4.69, 9.17) is 11.6 Å². The maximum absolute atomic E-state index is 12.2. The van der Waals surface area contributed by atoms with E-state index >= 15 is 0 Å². The summed E-state index contributed by atoms with van der Waals surface area (Å²) < 4.78 is 2.75. The Morgan fingerprint density at radius 2 is 2.16 bits per heavy atom. The third-order valence-electron chi connectivity index (χ3n) is 3.39. The number of aryl methyl sites for hydroxylation is 1. The van der Waals surface area contributed by atoms with E-state index in [1.165, 1.54) is 11.8 Å². The molecule has 0 saturated carbocycles. The summed E-state index contributed by atoms with van der Waals surface area (Å²) in [5.41, 5.74) is 2.71. The first-order chi connectivity index (χ1) is 12.0. The molecule has 0 aliphatic carbocycles. The molecule has 0 fully saturated rings. The van der Waals surface area contributed by atoms with Gasteiger partial charge in [-0.15, -0.1) is 10.2 Å². The minimum absolute atomic E-state index is 0.110. The zero-order valence-corrected chi connectivity index (χ0v) is 16.4. The van der Waals surface area contributed by atoms with Gasteiger partial charge in [-0.25, -0.2) is 0 Å². The number of halogens is 2. The molecule has 1 heterocycles. The zero-order valence-electron chi connectivity index (χ0n) is 13.2. The minimum atomic E-state index is -0.110. The van der Waals surface area contributed by atoms with E-state index in [0.717, 1.165) is 21.4 Å². The number of nitrogens with zero attached hydrogens (tertiary/aromatic N) is 3. The third-order valence-corrected chi connectivity index (χ3v) is 5.42. The van der Waals surface area contributed by atoms with Gasteiger partial charge in [-0.2, -0.15) is 0 Å². The van der Waals surface area contributed by atoms with E-state index in [9.17, 15) is 4.79 Å². The van der Waals surface area contributed by atoms with Crippen LogP contribution in [0.4, 0.5) is 5.69 Å². The van der Waals surface area contributed by atoms with Gasteiger partial charge in [0.1, 0.15) is 6.33 Å². The average molecular weight is 438 g/mol. The van der Waals surface area contributed by atoms with Crippen molar-refractivity contribution in [2.75, 3.05) is 11.1 Å². The molecule has 0 spiro atoms. The third kappa shape index (κ3) is 4.62. The number of rotatable bonds is 5. The highest BCUT2D eigenvalue weighted by atomic mass is 79.9. The van der Waals surface area contributed by atoms with E-state index < -0.39 is 0 Å². The van der Waals surface area contributed by atoms with Crippen molar-refractivity contribution in [2.24, 2.45) is 0 Å². The fourth-order valence-electron chi connectivity index (χ4n) is 2.12. The summed E-state index contributed by atoms with van der Waals surface area (Å²) in [7, 11) is 0. The summed E-state index contributed by atoms with van der Waals surface area (Å²) in [4.78, 5) is 12.2. The van der Waals surface area contributed by atoms with E-state index in [1.807, 2.05) is 43.3 Å². The summed E-state index contributed by atoms with van der Waals surface area (Å²) in [6, 6.07) is 13.1. The van der Waals surface area contributed by atoms with E-state index in [1.54, 1.807) is 17.0 Å². The first kappa shape index (κ1) is 18.0. The Labute approximate surface area is 162 Å². The van der Waals surface area contributed by atoms with Crippen LogP contribution in [0, 0.1) is 6.92 Å². The number of benzene rings is 2. The van der Waals surface area contributed by atoms with Crippen molar-refractivity contribution in [1.29, 1.82) is 0 Å². The highest BCUT2D eigenvalue weighted by molar-refractivity contribution is 9.10. The van der Waals surface area contributed by atoms with Crippen LogP contribution in [-0.4, -0.2) is 26.4 Å². The molecular weight excluding hydrogens is 424 g/mol. The van der Waals surface area contributed by atoms with E-state index in [2.05, 4.69) is 31.4 Å². The molecule has 1 aromatic heterocycles. The lowest BCUT2D eigenvalue weighted by atomic mass is 10.2. The summed E-state index contributed by atoms with van der Waals surface area (Å²) in [5, 5.41) is 12.1. The van der Waals surface area contributed by atoms with E-state index in [0.29, 0.717) is 10.2 Å². The van der Waals surface area contributed by atoms with Crippen molar-refractivity contribution >= 4 is 50.9 Å². The molecule has 0 aliphatic rings. The van der Waals surface area contributed by atoms with Gasteiger partial charge in [0.2, 0.25) is 5.91 Å². The number of hydrogen-bond acceptors (Lipinski definition) is 4. The number of nitrogens with one attached hydrogen (secondary N) is 1. The van der Waals surface area contributed by atoms with Crippen LogP contribution < -0.4 is 5.32 Å². The van der Waals surface area contributed by atoms with Crippen LogP contribution >= 0.6 is 39.3 Å². The predicted molar refractivity (Wildman–Crippen MR) is 105 cm³/mol. The first-order valence-corrected chi connectivity index (χ1v) is 9.53. The Morgan fingerprint density at radius 3 is 2.92 bits per heavy atom. The number of thioether (sulfide) groups is 1. The normalized spacial score (nSPS) is 10.7. The van der Waals surface area contributed by atoms with Crippen LogP contribution in [0.15, 0.2) is 58.4 Å². The van der Waals surface area contributed by atoms with Gasteiger partial charge >= 0.3 is 0 Å². The molecule has 128 valence electrons. The summed E-state index contributed by atoms with van der Waals surface area (Å²) in [5.74, 6) is 0.117. The average Bonchev–Trinajstić information content (AvgIpc) is 3.05. The number of aromatic nitrogens is 3. The first-order valence-electron chi connectivity index (χ1n) is 7.38. The van der Waals surface area contributed by atoms with Gasteiger partial charge in [0.05, 0.1) is 11.4 Å². The predicted octanol–water partition coefficient (Wildman–Crippen LogP) is 4.72. The largest absolute Gasteiger partial charge is 0.325 e. The Balaban J connectivity index is 1.65. The number of carbonyl (C=O) groups excluding carboxylic acids is 1. The van der Waals surface area contributed by atoms with Crippen LogP contribution in [0.2, 0.25) is 5.02 Å². The SMILES string of the molecule is Cc1ccc(NC(=O)CSc2nncn2-c2cccc(Cl)c2)cc1Br. The molecule has 2 aromatic carbocycles. The lowest BCUT2D eigenvalue weighted by Crippen LogP contribution is -2.14. The molecule has 1 amide bonds. The second kappa shape index (κ2) is 8.03. The van der Waals surface area contributed by atoms with Crippen molar-refractivity contribution in [3.63, 3.8) is 0 Å². The summed E-state index contributed by atoms with van der Waals surface area (Å²) in [6.45, 7) is 1.99. The number of anilines is 1. The molecule has 8 heteroatoms. The molecule has 0 atom stereocenters. The number of hydrogen-bond donors (Lipinski definition) is 1. The fraction of sp³-hybridized carbons (Fsp3) is 0.118. The molecule has 5 nitrogen and oxygen atoms in total. The maximum Gasteiger partial charge on any atom is 0.234 e. The fourth-order valence-corrected chi connectivity index (χ4v) is 3.42. The maximum atomic E-state index is 12.2. The summed E-state index contributed by atoms with van der Waals surface area (Å²) in [6.07, 6.45) is 1.60. The van der Waals surface area contributed by atoms with Crippen molar-refractivity contribution in [3.8, 4) is 5.69 Å². The zero-order chi connectivity index (χ0) is 17.8. The van der Waals surface area contributed by atoms with Crippen LogP contribution in [0.1, 0.15) is 5.56 Å². The standard InChI is InChI=1S/C17H14BrClN4OS/c1-11-5-6-13(8-15(11)18)21-16(24)9-25-17-22-20-10-23(17)14-4-2-3-12(19)7-14/h2-8,10H,9H2,1H3,(H,21,24). The van der Waals surface area contributed by atoms with E-state index in [-0.39, 0.29) is 11.7 Å². The Bertz CT molecular complexity index is 915. The van der Waals surface area contributed by atoms with Gasteiger partial charge in [-0.1, -0.05) is 51.4 Å². The van der Waals surface area contributed by atoms with Crippen LogP contribution in [0.3, 0.4) is 0 Å².